The van der Waals surface area contributed by atoms with Gasteiger partial charge in [0.1, 0.15) is 5.82 Å². The molecule has 0 saturated carbocycles. The molecule has 0 aliphatic heterocycles. The second-order valence-corrected chi connectivity index (χ2v) is 6.43. The van der Waals surface area contributed by atoms with E-state index in [9.17, 15) is 14.4 Å². The number of nitrogens with zero attached hydrogens (tertiary/aromatic N) is 3. The van der Waals surface area contributed by atoms with Crippen LogP contribution in [0.4, 0.5) is 26.4 Å². The minimum absolute atomic E-state index is 0.0537. The number of hydrogen-bond acceptors (Lipinski definition) is 6. The zero-order chi connectivity index (χ0) is 20.1. The van der Waals surface area contributed by atoms with E-state index < -0.39 is 11.8 Å². The molecule has 1 aromatic heterocycles. The van der Waals surface area contributed by atoms with Crippen LogP contribution < -0.4 is 16.1 Å². The Kier molecular flexibility index (Phi) is 5.96. The van der Waals surface area contributed by atoms with Gasteiger partial charge in [0, 0.05) is 5.69 Å². The normalized spacial score (nSPS) is 11.2. The molecule has 2 amide bonds. The molecule has 0 aliphatic rings. The third kappa shape index (κ3) is 4.69. The number of aromatic nitrogens is 2. The molecule has 0 radical (unpaired) electrons. The summed E-state index contributed by atoms with van der Waals surface area (Å²) >= 11 is 3.05. The molecule has 9 nitrogen and oxygen atoms in total. The molecule has 0 aliphatic carbocycles. The van der Waals surface area contributed by atoms with Crippen molar-refractivity contribution in [1.29, 1.82) is 0 Å². The smallest absolute Gasteiger partial charge is 0.308 e. The number of anilines is 2. The van der Waals surface area contributed by atoms with E-state index in [4.69, 9.17) is 0 Å². The third-order valence-corrected chi connectivity index (χ3v) is 4.11. The molecule has 0 fully saturated rings. The summed E-state index contributed by atoms with van der Waals surface area (Å²) in [5.41, 5.74) is 3.75. The number of carbonyl (C=O) groups is 1. The fraction of sp³-hybridized carbons (Fsp3) is 0.0588. The van der Waals surface area contributed by atoms with Crippen LogP contribution >= 0.6 is 15.9 Å². The molecule has 3 rings (SSSR count). The maximum atomic E-state index is 13.3. The Bertz CT molecular complexity index is 1020. The van der Waals surface area contributed by atoms with Crippen LogP contribution in [0, 0.1) is 12.7 Å². The van der Waals surface area contributed by atoms with E-state index in [2.05, 4.69) is 46.5 Å². The number of halogens is 2. The lowest BCUT2D eigenvalue weighted by Gasteiger charge is -2.07. The van der Waals surface area contributed by atoms with Crippen LogP contribution in [0.1, 0.15) is 11.3 Å². The number of hydrogen-bond donors (Lipinski definition) is 4. The van der Waals surface area contributed by atoms with Crippen LogP contribution in [0.25, 0.3) is 0 Å². The van der Waals surface area contributed by atoms with Crippen molar-refractivity contribution in [3.05, 3.63) is 64.0 Å². The molecular weight excluding hydrogens is 435 g/mol. The van der Waals surface area contributed by atoms with Crippen molar-refractivity contribution in [3.63, 3.8) is 0 Å². The molecule has 11 heteroatoms. The summed E-state index contributed by atoms with van der Waals surface area (Å²) in [5.74, 6) is -0.702. The first-order chi connectivity index (χ1) is 13.5. The van der Waals surface area contributed by atoms with E-state index >= 15 is 0 Å². The molecule has 1 heterocycles. The fourth-order valence-corrected chi connectivity index (χ4v) is 2.51. The lowest BCUT2D eigenvalue weighted by molar-refractivity contribution is 0.234. The van der Waals surface area contributed by atoms with Crippen molar-refractivity contribution >= 4 is 45.0 Å². The van der Waals surface area contributed by atoms with Gasteiger partial charge in [0.2, 0.25) is 5.82 Å². The van der Waals surface area contributed by atoms with E-state index in [1.807, 2.05) is 24.5 Å². The first kappa shape index (κ1) is 19.5. The highest BCUT2D eigenvalue weighted by Crippen LogP contribution is 2.23. The first-order valence-corrected chi connectivity index (χ1v) is 8.67. The van der Waals surface area contributed by atoms with Gasteiger partial charge in [-0.25, -0.2) is 18.8 Å². The summed E-state index contributed by atoms with van der Waals surface area (Å²) in [7, 11) is 0. The Morgan fingerprint density at radius 1 is 1.18 bits per heavy atom. The van der Waals surface area contributed by atoms with Crippen molar-refractivity contribution in [3.8, 4) is 0 Å². The predicted molar refractivity (Wildman–Crippen MR) is 103 cm³/mol. The fourth-order valence-electron chi connectivity index (χ4n) is 2.15. The Morgan fingerprint density at radius 3 is 2.61 bits per heavy atom. The molecule has 2 aromatic carbocycles. The number of aliphatic imine (C=N–C) groups is 1. The van der Waals surface area contributed by atoms with E-state index in [0.717, 1.165) is 5.56 Å². The second kappa shape index (κ2) is 8.59. The quantitative estimate of drug-likeness (QED) is 0.271. The maximum absolute atomic E-state index is 13.3. The topological polar surface area (TPSA) is 125 Å². The van der Waals surface area contributed by atoms with E-state index in [1.54, 1.807) is 12.1 Å². The van der Waals surface area contributed by atoms with Gasteiger partial charge in [0.05, 0.1) is 10.2 Å². The van der Waals surface area contributed by atoms with Gasteiger partial charge in [0.25, 0.3) is 0 Å². The van der Waals surface area contributed by atoms with E-state index in [-0.39, 0.29) is 21.8 Å². The van der Waals surface area contributed by atoms with Gasteiger partial charge in [-0.1, -0.05) is 17.7 Å². The largest absolute Gasteiger partial charge is 0.325 e. The number of rotatable bonds is 4. The molecule has 0 atom stereocenters. The summed E-state index contributed by atoms with van der Waals surface area (Å²) in [6, 6.07) is 10.6. The summed E-state index contributed by atoms with van der Waals surface area (Å²) in [4.78, 5) is 16.3. The summed E-state index contributed by atoms with van der Waals surface area (Å²) in [6.07, 6.45) is 0. The van der Waals surface area contributed by atoms with Crippen LogP contribution in [0.2, 0.25) is 0 Å². The highest BCUT2D eigenvalue weighted by atomic mass is 79.9. The van der Waals surface area contributed by atoms with Crippen molar-refractivity contribution in [1.82, 2.24) is 15.8 Å². The molecule has 144 valence electrons. The molecule has 0 saturated heterocycles. The molecule has 0 unspecified atom stereocenters. The number of aryl methyl sites for hydroxylation is 1. The number of nitrogens with one attached hydrogen (secondary N) is 3. The van der Waals surface area contributed by atoms with Crippen molar-refractivity contribution in [2.75, 3.05) is 10.6 Å². The predicted octanol–water partition coefficient (Wildman–Crippen LogP) is 3.98. The zero-order valence-corrected chi connectivity index (χ0v) is 16.0. The Labute approximate surface area is 166 Å². The molecule has 28 heavy (non-hydrogen) atoms. The van der Waals surface area contributed by atoms with Crippen LogP contribution in [0.3, 0.4) is 0 Å². The highest BCUT2D eigenvalue weighted by Gasteiger charge is 2.19. The molecule has 4 N–H and O–H groups in total. The lowest BCUT2D eigenvalue weighted by atomic mass is 10.2. The van der Waals surface area contributed by atoms with E-state index in [0.29, 0.717) is 11.4 Å². The number of carbonyl (C=O) groups excluding carboxylic acids is 1. The molecule has 0 bridgehead atoms. The van der Waals surface area contributed by atoms with Crippen molar-refractivity contribution in [2.45, 2.75) is 6.92 Å². The van der Waals surface area contributed by atoms with E-state index in [1.165, 1.54) is 18.2 Å². The second-order valence-electron chi connectivity index (χ2n) is 5.58. The minimum Gasteiger partial charge on any atom is -0.308 e. The van der Waals surface area contributed by atoms with Gasteiger partial charge in [-0.15, -0.1) is 0 Å². The van der Waals surface area contributed by atoms with Crippen molar-refractivity contribution < 1.29 is 19.0 Å². The van der Waals surface area contributed by atoms with Crippen LogP contribution in [-0.4, -0.2) is 27.4 Å². The monoisotopic (exact) mass is 448 g/mol. The number of amides is 2. The van der Waals surface area contributed by atoms with Crippen LogP contribution in [0.5, 0.6) is 0 Å². The van der Waals surface area contributed by atoms with Gasteiger partial charge in [-0.05, 0) is 63.5 Å². The summed E-state index contributed by atoms with van der Waals surface area (Å²) in [6.45, 7) is 1.93. The van der Waals surface area contributed by atoms with Crippen molar-refractivity contribution in [2.24, 2.45) is 4.99 Å². The van der Waals surface area contributed by atoms with Gasteiger partial charge in [0.15, 0.2) is 11.5 Å². The maximum Gasteiger partial charge on any atom is 0.325 e. The van der Waals surface area contributed by atoms with Gasteiger partial charge in [-0.3, -0.25) is 16.0 Å². The molecule has 3 aromatic rings. The Morgan fingerprint density at radius 2 is 1.93 bits per heavy atom. The Hall–Kier alpha value is -3.31. The zero-order valence-electron chi connectivity index (χ0n) is 14.4. The highest BCUT2D eigenvalue weighted by molar-refractivity contribution is 9.10. The average molecular weight is 449 g/mol. The average Bonchev–Trinajstić information content (AvgIpc) is 3.12. The minimum atomic E-state index is -0.595. The van der Waals surface area contributed by atoms with Gasteiger partial charge < -0.3 is 5.32 Å². The standard InChI is InChI=1S/C17H14BrFN6O3/c1-9-2-4-10(5-3-9)21-17(26)22-16-14(24-28-25-16)15(23-27)20-11-6-7-13(19)12(18)8-11/h2-8,27H,1H3,(H,20,23)(H2,21,22,25,26). The summed E-state index contributed by atoms with van der Waals surface area (Å²) in [5, 5.41) is 21.7. The van der Waals surface area contributed by atoms with Crippen LogP contribution in [0.15, 0.2) is 56.6 Å². The lowest BCUT2D eigenvalue weighted by Crippen LogP contribution is -2.25. The SMILES string of the molecule is Cc1ccc(NC(=O)Nc2nonc2C(=Nc2ccc(F)c(Br)c2)NO)cc1. The number of benzene rings is 2. The number of urea groups is 1. The molecule has 0 spiro atoms. The first-order valence-electron chi connectivity index (χ1n) is 7.87. The molecular formula is C17H14BrFN6O3. The van der Waals surface area contributed by atoms with Crippen LogP contribution in [-0.2, 0) is 0 Å². The summed E-state index contributed by atoms with van der Waals surface area (Å²) < 4.78 is 18.2. The number of hydroxylamine groups is 1. The van der Waals surface area contributed by atoms with Gasteiger partial charge in [-0.2, -0.15) is 0 Å². The third-order valence-electron chi connectivity index (χ3n) is 3.50. The Balaban J connectivity index is 1.79. The van der Waals surface area contributed by atoms with Gasteiger partial charge >= 0.3 is 6.03 Å². The number of amidine groups is 1.